The van der Waals surface area contributed by atoms with Gasteiger partial charge >= 0.3 is 0 Å². The van der Waals surface area contributed by atoms with Crippen LogP contribution in [0.5, 0.6) is 0 Å². The van der Waals surface area contributed by atoms with E-state index in [1.807, 2.05) is 26.0 Å². The SMILES string of the molecule is Cc1ccc(C(=O)Nc2ccc(N)c(Cl)c2)cc1C. The minimum atomic E-state index is -0.163. The van der Waals surface area contributed by atoms with Crippen LogP contribution in [0.25, 0.3) is 0 Å². The Morgan fingerprint density at radius 2 is 1.84 bits per heavy atom. The molecule has 4 heteroatoms. The number of anilines is 2. The molecule has 0 spiro atoms. The number of carbonyl (C=O) groups excluding carboxylic acids is 1. The molecule has 2 rings (SSSR count). The van der Waals surface area contributed by atoms with Crippen LogP contribution in [0.15, 0.2) is 36.4 Å². The molecule has 98 valence electrons. The van der Waals surface area contributed by atoms with E-state index in [-0.39, 0.29) is 5.91 Å². The Balaban J connectivity index is 2.20. The van der Waals surface area contributed by atoms with Gasteiger partial charge in [0, 0.05) is 11.3 Å². The van der Waals surface area contributed by atoms with Gasteiger partial charge in [-0.25, -0.2) is 0 Å². The number of benzene rings is 2. The molecule has 0 saturated carbocycles. The molecular formula is C15H15ClN2O. The molecule has 2 aromatic carbocycles. The average molecular weight is 275 g/mol. The number of rotatable bonds is 2. The number of nitrogen functional groups attached to an aromatic ring is 1. The largest absolute Gasteiger partial charge is 0.398 e. The number of hydrogen-bond acceptors (Lipinski definition) is 2. The summed E-state index contributed by atoms with van der Waals surface area (Å²) < 4.78 is 0. The van der Waals surface area contributed by atoms with E-state index in [0.717, 1.165) is 11.1 Å². The zero-order valence-electron chi connectivity index (χ0n) is 10.8. The molecule has 2 aromatic rings. The molecule has 3 nitrogen and oxygen atoms in total. The molecule has 0 saturated heterocycles. The quantitative estimate of drug-likeness (QED) is 0.819. The van der Waals surface area contributed by atoms with Crippen LogP contribution in [0.1, 0.15) is 21.5 Å². The molecule has 0 fully saturated rings. The van der Waals surface area contributed by atoms with Gasteiger partial charge in [0.05, 0.1) is 10.7 Å². The van der Waals surface area contributed by atoms with E-state index in [1.54, 1.807) is 24.3 Å². The Kier molecular flexibility index (Phi) is 3.76. The number of halogens is 1. The summed E-state index contributed by atoms with van der Waals surface area (Å²) in [6.07, 6.45) is 0. The summed E-state index contributed by atoms with van der Waals surface area (Å²) in [5, 5.41) is 3.22. The molecule has 0 atom stereocenters. The lowest BCUT2D eigenvalue weighted by Gasteiger charge is -2.08. The highest BCUT2D eigenvalue weighted by Gasteiger charge is 2.08. The third-order valence-electron chi connectivity index (χ3n) is 3.03. The number of carbonyl (C=O) groups is 1. The maximum atomic E-state index is 12.1. The predicted molar refractivity (Wildman–Crippen MR) is 79.7 cm³/mol. The van der Waals surface area contributed by atoms with Crippen molar-refractivity contribution in [3.05, 3.63) is 58.1 Å². The van der Waals surface area contributed by atoms with Crippen LogP contribution in [0.2, 0.25) is 5.02 Å². The lowest BCUT2D eigenvalue weighted by molar-refractivity contribution is 0.102. The molecule has 1 amide bonds. The molecule has 0 aliphatic rings. The van der Waals surface area contributed by atoms with Crippen molar-refractivity contribution in [1.29, 1.82) is 0 Å². The van der Waals surface area contributed by atoms with Gasteiger partial charge in [0.25, 0.3) is 5.91 Å². The highest BCUT2D eigenvalue weighted by Crippen LogP contribution is 2.23. The molecule has 0 bridgehead atoms. The van der Waals surface area contributed by atoms with Gasteiger partial charge in [-0.1, -0.05) is 17.7 Å². The Morgan fingerprint density at radius 3 is 2.47 bits per heavy atom. The fraction of sp³-hybridized carbons (Fsp3) is 0.133. The zero-order chi connectivity index (χ0) is 14.0. The van der Waals surface area contributed by atoms with Crippen LogP contribution in [-0.4, -0.2) is 5.91 Å². The van der Waals surface area contributed by atoms with Crippen LogP contribution in [0, 0.1) is 13.8 Å². The van der Waals surface area contributed by atoms with Crippen LogP contribution < -0.4 is 11.1 Å². The first-order chi connectivity index (χ1) is 8.97. The minimum absolute atomic E-state index is 0.163. The van der Waals surface area contributed by atoms with Crippen molar-refractivity contribution in [2.45, 2.75) is 13.8 Å². The average Bonchev–Trinajstić information content (AvgIpc) is 2.37. The van der Waals surface area contributed by atoms with Gasteiger partial charge in [-0.05, 0) is 55.3 Å². The third kappa shape index (κ3) is 3.06. The van der Waals surface area contributed by atoms with E-state index in [2.05, 4.69) is 5.32 Å². The lowest BCUT2D eigenvalue weighted by atomic mass is 10.1. The molecule has 0 radical (unpaired) electrons. The number of amides is 1. The Hall–Kier alpha value is -2.00. The fourth-order valence-corrected chi connectivity index (χ4v) is 1.87. The van der Waals surface area contributed by atoms with Gasteiger partial charge < -0.3 is 11.1 Å². The fourth-order valence-electron chi connectivity index (χ4n) is 1.69. The number of hydrogen-bond donors (Lipinski definition) is 2. The molecule has 0 heterocycles. The van der Waals surface area contributed by atoms with Gasteiger partial charge in [-0.3, -0.25) is 4.79 Å². The second kappa shape index (κ2) is 5.33. The first-order valence-corrected chi connectivity index (χ1v) is 6.29. The van der Waals surface area contributed by atoms with Crippen LogP contribution in [-0.2, 0) is 0 Å². The number of nitrogens with one attached hydrogen (secondary N) is 1. The smallest absolute Gasteiger partial charge is 0.255 e. The van der Waals surface area contributed by atoms with Crippen LogP contribution in [0.3, 0.4) is 0 Å². The first kappa shape index (κ1) is 13.4. The van der Waals surface area contributed by atoms with Crippen molar-refractivity contribution < 1.29 is 4.79 Å². The number of aryl methyl sites for hydroxylation is 2. The second-order valence-corrected chi connectivity index (χ2v) is 4.90. The summed E-state index contributed by atoms with van der Waals surface area (Å²) in [5.74, 6) is -0.163. The maximum Gasteiger partial charge on any atom is 0.255 e. The van der Waals surface area contributed by atoms with Crippen molar-refractivity contribution in [3.8, 4) is 0 Å². The van der Waals surface area contributed by atoms with Gasteiger partial charge in [-0.15, -0.1) is 0 Å². The van der Waals surface area contributed by atoms with Crippen molar-refractivity contribution in [1.82, 2.24) is 0 Å². The Bertz CT molecular complexity index is 638. The molecule has 0 aliphatic carbocycles. The monoisotopic (exact) mass is 274 g/mol. The lowest BCUT2D eigenvalue weighted by Crippen LogP contribution is -2.12. The summed E-state index contributed by atoms with van der Waals surface area (Å²) in [6, 6.07) is 10.6. The van der Waals surface area contributed by atoms with Crippen molar-refractivity contribution >= 4 is 28.9 Å². The highest BCUT2D eigenvalue weighted by molar-refractivity contribution is 6.33. The van der Waals surface area contributed by atoms with Crippen LogP contribution >= 0.6 is 11.6 Å². The third-order valence-corrected chi connectivity index (χ3v) is 3.35. The number of nitrogens with two attached hydrogens (primary N) is 1. The van der Waals surface area contributed by atoms with Gasteiger partial charge in [0.15, 0.2) is 0 Å². The van der Waals surface area contributed by atoms with E-state index in [4.69, 9.17) is 17.3 Å². The van der Waals surface area contributed by atoms with E-state index in [9.17, 15) is 4.79 Å². The highest BCUT2D eigenvalue weighted by atomic mass is 35.5. The van der Waals surface area contributed by atoms with Gasteiger partial charge in [0.1, 0.15) is 0 Å². The second-order valence-electron chi connectivity index (χ2n) is 4.49. The predicted octanol–water partition coefficient (Wildman–Crippen LogP) is 3.79. The topological polar surface area (TPSA) is 55.1 Å². The van der Waals surface area contributed by atoms with Crippen molar-refractivity contribution in [2.24, 2.45) is 0 Å². The van der Waals surface area contributed by atoms with Crippen LogP contribution in [0.4, 0.5) is 11.4 Å². The first-order valence-electron chi connectivity index (χ1n) is 5.91. The molecule has 19 heavy (non-hydrogen) atoms. The van der Waals surface area contributed by atoms with E-state index >= 15 is 0 Å². The molecule has 0 unspecified atom stereocenters. The maximum absolute atomic E-state index is 12.1. The summed E-state index contributed by atoms with van der Waals surface area (Å²) in [6.45, 7) is 3.99. The molecule has 3 N–H and O–H groups in total. The van der Waals surface area contributed by atoms with E-state index in [0.29, 0.717) is 22.0 Å². The Morgan fingerprint density at radius 1 is 1.11 bits per heavy atom. The van der Waals surface area contributed by atoms with E-state index < -0.39 is 0 Å². The molecular weight excluding hydrogens is 260 g/mol. The summed E-state index contributed by atoms with van der Waals surface area (Å²) >= 11 is 5.91. The van der Waals surface area contributed by atoms with E-state index in [1.165, 1.54) is 0 Å². The van der Waals surface area contributed by atoms with Gasteiger partial charge in [-0.2, -0.15) is 0 Å². The molecule has 0 aromatic heterocycles. The van der Waals surface area contributed by atoms with Crippen molar-refractivity contribution in [2.75, 3.05) is 11.1 Å². The Labute approximate surface area is 117 Å². The molecule has 0 aliphatic heterocycles. The summed E-state index contributed by atoms with van der Waals surface area (Å²) in [5.41, 5.74) is 9.61. The summed E-state index contributed by atoms with van der Waals surface area (Å²) in [7, 11) is 0. The summed E-state index contributed by atoms with van der Waals surface area (Å²) in [4.78, 5) is 12.1. The van der Waals surface area contributed by atoms with Crippen molar-refractivity contribution in [3.63, 3.8) is 0 Å². The zero-order valence-corrected chi connectivity index (χ0v) is 11.6. The van der Waals surface area contributed by atoms with Gasteiger partial charge in [0.2, 0.25) is 0 Å². The minimum Gasteiger partial charge on any atom is -0.398 e. The normalized spacial score (nSPS) is 10.3. The standard InChI is InChI=1S/C15H15ClN2O/c1-9-3-4-11(7-10(9)2)15(19)18-12-5-6-14(17)13(16)8-12/h3-8H,17H2,1-2H3,(H,18,19).